The molecule has 3 aromatic rings. The number of ether oxygens (including phenoxy) is 1. The molecular formula is C29H37N7O3. The molecule has 0 bridgehead atoms. The minimum atomic E-state index is -0.387. The fourth-order valence-electron chi connectivity index (χ4n) is 4.89. The highest BCUT2D eigenvalue weighted by atomic mass is 16.5. The minimum Gasteiger partial charge on any atom is -0.453 e. The second-order valence-corrected chi connectivity index (χ2v) is 9.76. The van der Waals surface area contributed by atoms with E-state index < -0.39 is 0 Å². The number of alkyl carbamates (subject to hydrolysis) is 1. The Balaban J connectivity index is 1.51. The largest absolute Gasteiger partial charge is 0.453 e. The molecule has 2 heterocycles. The zero-order valence-corrected chi connectivity index (χ0v) is 23.1. The van der Waals surface area contributed by atoms with Crippen LogP contribution < -0.4 is 10.6 Å². The molecule has 1 aliphatic rings. The Morgan fingerprint density at radius 1 is 1.15 bits per heavy atom. The zero-order valence-electron chi connectivity index (χ0n) is 23.1. The van der Waals surface area contributed by atoms with Gasteiger partial charge in [0.05, 0.1) is 36.8 Å². The number of aryl methyl sites for hydroxylation is 1. The molecule has 10 heteroatoms. The third-order valence-electron chi connectivity index (χ3n) is 7.03. The topological polar surface area (TPSA) is 115 Å². The summed E-state index contributed by atoms with van der Waals surface area (Å²) in [6.07, 6.45) is 10.4. The predicted octanol–water partition coefficient (Wildman–Crippen LogP) is 5.51. The van der Waals surface area contributed by atoms with Gasteiger partial charge in [0.25, 0.3) is 0 Å². The molecule has 0 atom stereocenters. The van der Waals surface area contributed by atoms with Gasteiger partial charge in [-0.25, -0.2) is 19.2 Å². The van der Waals surface area contributed by atoms with Crippen molar-refractivity contribution in [2.24, 2.45) is 10.9 Å². The number of allylic oxidation sites excluding steroid dienone is 1. The number of carbonyl (C=O) groups excluding carboxylic acids is 2. The molecule has 1 amide bonds. The molecule has 10 nitrogen and oxygen atoms in total. The van der Waals surface area contributed by atoms with Crippen molar-refractivity contribution in [1.29, 1.82) is 0 Å². The number of nitrogens with zero attached hydrogens (tertiary/aromatic N) is 5. The summed E-state index contributed by atoms with van der Waals surface area (Å²) in [5, 5.41) is 15.4. The number of benzene rings is 1. The third-order valence-corrected chi connectivity index (χ3v) is 7.03. The lowest BCUT2D eigenvalue weighted by atomic mass is 9.80. The summed E-state index contributed by atoms with van der Waals surface area (Å²) in [6, 6.07) is 10.2. The maximum absolute atomic E-state index is 13.2. The molecule has 2 N–H and O–H groups in total. The van der Waals surface area contributed by atoms with E-state index in [1.54, 1.807) is 23.3 Å². The summed E-state index contributed by atoms with van der Waals surface area (Å²) >= 11 is 0. The molecule has 1 saturated carbocycles. The van der Waals surface area contributed by atoms with Crippen LogP contribution in [0.1, 0.15) is 67.1 Å². The fraction of sp³-hybridized carbons (Fsp3) is 0.414. The van der Waals surface area contributed by atoms with Gasteiger partial charge in [-0.15, -0.1) is 0 Å². The second-order valence-electron chi connectivity index (χ2n) is 9.76. The number of ketones is 1. The van der Waals surface area contributed by atoms with Crippen molar-refractivity contribution in [2.45, 2.75) is 52.4 Å². The van der Waals surface area contributed by atoms with E-state index in [2.05, 4.69) is 43.7 Å². The molecule has 0 saturated heterocycles. The van der Waals surface area contributed by atoms with E-state index in [4.69, 9.17) is 5.10 Å². The number of hydrogen-bond acceptors (Lipinski definition) is 7. The monoisotopic (exact) mass is 531 g/mol. The van der Waals surface area contributed by atoms with E-state index in [1.165, 1.54) is 7.11 Å². The van der Waals surface area contributed by atoms with E-state index >= 15 is 0 Å². The van der Waals surface area contributed by atoms with E-state index in [9.17, 15) is 9.59 Å². The number of Topliss-reactive ketones (excluding diaryl/α,β-unsaturated/α-hetero) is 1. The van der Waals surface area contributed by atoms with Gasteiger partial charge in [0.1, 0.15) is 5.82 Å². The SMILES string of the molecule is C/C=C\n1ncc(C(=O)CNc2cc(C3CCC(CNC(=O)OC)CC3)nn2-c2ccc(C)cc2)c1/N=C\C. The highest BCUT2D eigenvalue weighted by molar-refractivity contribution is 6.02. The van der Waals surface area contributed by atoms with Gasteiger partial charge in [-0.3, -0.25) is 4.79 Å². The zero-order chi connectivity index (χ0) is 27.8. The molecule has 39 heavy (non-hydrogen) atoms. The van der Waals surface area contributed by atoms with E-state index in [1.807, 2.05) is 43.7 Å². The first-order valence-electron chi connectivity index (χ1n) is 13.4. The number of amides is 1. The lowest BCUT2D eigenvalue weighted by Crippen LogP contribution is -2.30. The maximum Gasteiger partial charge on any atom is 0.406 e. The quantitative estimate of drug-likeness (QED) is 0.263. The number of aliphatic imine (C=N–C) groups is 1. The van der Waals surface area contributed by atoms with Gasteiger partial charge in [0, 0.05) is 30.9 Å². The van der Waals surface area contributed by atoms with Gasteiger partial charge in [0.2, 0.25) is 0 Å². The van der Waals surface area contributed by atoms with Crippen LogP contribution in [0.15, 0.2) is 47.6 Å². The van der Waals surface area contributed by atoms with Crippen LogP contribution in [0, 0.1) is 12.8 Å². The van der Waals surface area contributed by atoms with Crippen LogP contribution >= 0.6 is 0 Å². The van der Waals surface area contributed by atoms with Crippen molar-refractivity contribution in [3.63, 3.8) is 0 Å². The Kier molecular flexibility index (Phi) is 9.30. The standard InChI is InChI=1S/C29H37N7O3/c1-5-15-35-28(30-6-2)24(18-33-35)26(37)19-31-27-16-25(34-36(27)23-13-7-20(3)8-14-23)22-11-9-21(10-12-22)17-32-29(38)39-4/h5-8,13-16,18,21-22,31H,9-12,17,19H2,1-4H3,(H,32,38)/b15-5-,30-6-. The van der Waals surface area contributed by atoms with Crippen LogP contribution in [0.25, 0.3) is 11.9 Å². The maximum atomic E-state index is 13.2. The normalized spacial score (nSPS) is 17.5. The summed E-state index contributed by atoms with van der Waals surface area (Å²) in [7, 11) is 1.38. The van der Waals surface area contributed by atoms with Gasteiger partial charge in [-0.2, -0.15) is 10.2 Å². The minimum absolute atomic E-state index is 0.0801. The highest BCUT2D eigenvalue weighted by Crippen LogP contribution is 2.36. The number of methoxy groups -OCH3 is 1. The summed E-state index contributed by atoms with van der Waals surface area (Å²) in [5.74, 6) is 1.90. The number of anilines is 1. The Hall–Kier alpha value is -4.21. The molecule has 0 unspecified atom stereocenters. The smallest absolute Gasteiger partial charge is 0.406 e. The molecule has 206 valence electrons. The Labute approximate surface area is 229 Å². The summed E-state index contributed by atoms with van der Waals surface area (Å²) in [6.45, 7) is 6.45. The van der Waals surface area contributed by atoms with Crippen LogP contribution in [0.4, 0.5) is 16.4 Å². The summed E-state index contributed by atoms with van der Waals surface area (Å²) in [5.41, 5.74) is 3.55. The second kappa shape index (κ2) is 13.0. The number of nitrogens with one attached hydrogen (secondary N) is 2. The molecule has 0 spiro atoms. The Morgan fingerprint density at radius 2 is 1.90 bits per heavy atom. The average molecular weight is 532 g/mol. The van der Waals surface area contributed by atoms with Gasteiger partial charge in [0.15, 0.2) is 11.6 Å². The van der Waals surface area contributed by atoms with Crippen molar-refractivity contribution in [1.82, 2.24) is 24.9 Å². The first-order valence-corrected chi connectivity index (χ1v) is 13.4. The molecule has 0 aliphatic heterocycles. The van der Waals surface area contributed by atoms with Crippen LogP contribution in [-0.2, 0) is 4.74 Å². The summed E-state index contributed by atoms with van der Waals surface area (Å²) < 4.78 is 8.16. The number of carbonyl (C=O) groups is 2. The van der Waals surface area contributed by atoms with E-state index in [0.717, 1.165) is 48.4 Å². The van der Waals surface area contributed by atoms with Gasteiger partial charge < -0.3 is 15.4 Å². The highest BCUT2D eigenvalue weighted by Gasteiger charge is 2.26. The van der Waals surface area contributed by atoms with Crippen LogP contribution in [0.2, 0.25) is 0 Å². The molecule has 4 rings (SSSR count). The van der Waals surface area contributed by atoms with E-state index in [-0.39, 0.29) is 18.4 Å². The van der Waals surface area contributed by atoms with Crippen LogP contribution in [0.5, 0.6) is 0 Å². The molecule has 1 aliphatic carbocycles. The number of aromatic nitrogens is 4. The van der Waals surface area contributed by atoms with Crippen molar-refractivity contribution in [3.8, 4) is 5.69 Å². The van der Waals surface area contributed by atoms with Gasteiger partial charge in [-0.1, -0.05) is 23.8 Å². The average Bonchev–Trinajstić information content (AvgIpc) is 3.56. The van der Waals surface area contributed by atoms with Crippen LogP contribution in [0.3, 0.4) is 0 Å². The van der Waals surface area contributed by atoms with Gasteiger partial charge in [-0.05, 0) is 64.5 Å². The molecule has 1 fully saturated rings. The lowest BCUT2D eigenvalue weighted by Gasteiger charge is -2.27. The van der Waals surface area contributed by atoms with Crippen molar-refractivity contribution in [2.75, 3.05) is 25.5 Å². The molecular weight excluding hydrogens is 494 g/mol. The molecule has 0 radical (unpaired) electrons. The molecule has 1 aromatic carbocycles. The Bertz CT molecular complexity index is 1330. The number of rotatable bonds is 10. The predicted molar refractivity (Wildman–Crippen MR) is 153 cm³/mol. The third kappa shape index (κ3) is 6.81. The first kappa shape index (κ1) is 27.8. The first-order chi connectivity index (χ1) is 18.9. The van der Waals surface area contributed by atoms with Crippen molar-refractivity contribution < 1.29 is 14.3 Å². The number of hydrogen-bond donors (Lipinski definition) is 2. The lowest BCUT2D eigenvalue weighted by molar-refractivity contribution is 0.101. The van der Waals surface area contributed by atoms with Crippen molar-refractivity contribution in [3.05, 3.63) is 59.4 Å². The van der Waals surface area contributed by atoms with Crippen molar-refractivity contribution >= 4 is 35.9 Å². The van der Waals surface area contributed by atoms with Gasteiger partial charge >= 0.3 is 6.09 Å². The van der Waals surface area contributed by atoms with E-state index in [0.29, 0.717) is 29.8 Å². The fourth-order valence-corrected chi connectivity index (χ4v) is 4.89. The summed E-state index contributed by atoms with van der Waals surface area (Å²) in [4.78, 5) is 29.0. The molecule has 2 aromatic heterocycles. The van der Waals surface area contributed by atoms with Crippen LogP contribution in [-0.4, -0.2) is 57.9 Å². The Morgan fingerprint density at radius 3 is 2.56 bits per heavy atom.